The highest BCUT2D eigenvalue weighted by Gasteiger charge is 2.46. The van der Waals surface area contributed by atoms with E-state index in [1.165, 1.54) is 11.8 Å². The Morgan fingerprint density at radius 2 is 2.00 bits per heavy atom. The summed E-state index contributed by atoms with van der Waals surface area (Å²) in [7, 11) is 0. The fourth-order valence-electron chi connectivity index (χ4n) is 5.95. The van der Waals surface area contributed by atoms with E-state index in [9.17, 15) is 9.59 Å². The number of nitrogens with zero attached hydrogens (tertiary/aromatic N) is 1. The van der Waals surface area contributed by atoms with E-state index < -0.39 is 5.79 Å². The molecule has 1 saturated carbocycles. The molecule has 2 aliphatic rings. The van der Waals surface area contributed by atoms with Gasteiger partial charge < -0.3 is 19.8 Å². The number of ether oxygens (including phenoxy) is 2. The molecule has 1 aromatic carbocycles. The molecule has 1 aliphatic heterocycles. The van der Waals surface area contributed by atoms with E-state index in [1.54, 1.807) is 12.1 Å². The molecule has 0 spiro atoms. The van der Waals surface area contributed by atoms with Gasteiger partial charge in [0, 0.05) is 63.9 Å². The number of aryl methyl sites for hydroxylation is 1. The maximum Gasteiger partial charge on any atom is 0.254 e. The van der Waals surface area contributed by atoms with Crippen LogP contribution in [0.1, 0.15) is 84.4 Å². The van der Waals surface area contributed by atoms with Gasteiger partial charge in [0.25, 0.3) is 11.5 Å². The predicted molar refractivity (Wildman–Crippen MR) is 154 cm³/mol. The van der Waals surface area contributed by atoms with Gasteiger partial charge in [-0.15, -0.1) is 11.8 Å². The highest BCUT2D eigenvalue weighted by Crippen LogP contribution is 2.49. The van der Waals surface area contributed by atoms with E-state index in [4.69, 9.17) is 21.1 Å². The van der Waals surface area contributed by atoms with Crippen molar-refractivity contribution in [3.05, 3.63) is 86.0 Å². The van der Waals surface area contributed by atoms with Gasteiger partial charge in [0.1, 0.15) is 5.75 Å². The van der Waals surface area contributed by atoms with Crippen molar-refractivity contribution >= 4 is 29.3 Å². The number of hydrogen-bond acceptors (Lipinski definition) is 6. The molecular weight excluding hydrogens is 534 g/mol. The molecule has 3 aromatic rings. The van der Waals surface area contributed by atoms with E-state index in [2.05, 4.69) is 21.4 Å². The number of benzene rings is 1. The van der Waals surface area contributed by atoms with Crippen LogP contribution in [0.25, 0.3) is 0 Å². The second-order valence-electron chi connectivity index (χ2n) is 10.6. The second kappa shape index (κ2) is 11.4. The summed E-state index contributed by atoms with van der Waals surface area (Å²) in [6.07, 6.45) is 7.33. The zero-order valence-corrected chi connectivity index (χ0v) is 24.2. The number of hydrogen-bond donors (Lipinski definition) is 2. The summed E-state index contributed by atoms with van der Waals surface area (Å²) in [4.78, 5) is 34.1. The first-order valence-corrected chi connectivity index (χ1v) is 14.9. The number of carbonyl (C=O) groups excluding carboxylic acids is 1. The summed E-state index contributed by atoms with van der Waals surface area (Å²) < 4.78 is 13.0. The maximum absolute atomic E-state index is 13.4. The lowest BCUT2D eigenvalue weighted by atomic mass is 9.76. The lowest BCUT2D eigenvalue weighted by Gasteiger charge is -2.46. The number of H-pyrrole nitrogens is 1. The number of carbonyl (C=O) groups is 1. The highest BCUT2D eigenvalue weighted by atomic mass is 35.5. The summed E-state index contributed by atoms with van der Waals surface area (Å²) in [5.74, 6) is 0.0413. The Hall–Kier alpha value is -2.81. The van der Waals surface area contributed by atoms with Gasteiger partial charge in [0.15, 0.2) is 0 Å². The van der Waals surface area contributed by atoms with Gasteiger partial charge in [-0.1, -0.05) is 17.7 Å². The molecule has 1 amide bonds. The quantitative estimate of drug-likeness (QED) is 0.328. The number of fused-ring (bicyclic) bond motifs is 1. The van der Waals surface area contributed by atoms with Crippen LogP contribution in [0.15, 0.2) is 52.3 Å². The van der Waals surface area contributed by atoms with Gasteiger partial charge in [-0.3, -0.25) is 14.6 Å². The summed E-state index contributed by atoms with van der Waals surface area (Å²) >= 11 is 7.95. The Kier molecular flexibility index (Phi) is 8.08. The van der Waals surface area contributed by atoms with Gasteiger partial charge in [-0.2, -0.15) is 0 Å². The van der Waals surface area contributed by atoms with Crippen molar-refractivity contribution in [2.75, 3.05) is 6.26 Å². The van der Waals surface area contributed by atoms with Gasteiger partial charge in [-0.25, -0.2) is 0 Å². The van der Waals surface area contributed by atoms with Crippen molar-refractivity contribution < 1.29 is 14.3 Å². The Labute approximate surface area is 238 Å². The van der Waals surface area contributed by atoms with Crippen LogP contribution >= 0.6 is 23.4 Å². The third-order valence-electron chi connectivity index (χ3n) is 7.93. The van der Waals surface area contributed by atoms with Crippen molar-refractivity contribution in [2.24, 2.45) is 5.92 Å². The van der Waals surface area contributed by atoms with Crippen LogP contribution in [0.3, 0.4) is 0 Å². The Bertz CT molecular complexity index is 1420. The first-order chi connectivity index (χ1) is 18.7. The highest BCUT2D eigenvalue weighted by molar-refractivity contribution is 7.98. The second-order valence-corrected chi connectivity index (χ2v) is 11.8. The van der Waals surface area contributed by atoms with Crippen LogP contribution in [0.2, 0.25) is 5.02 Å². The SMILES string of the molecule is CSc1cc(C)[nH]c(=O)c1CNC(=O)c1cc(Cl)cc2c1C(C)OC(C)(C1CCC(c3ccccn3)CC1)O2. The van der Waals surface area contributed by atoms with Gasteiger partial charge >= 0.3 is 0 Å². The molecule has 3 heterocycles. The Balaban J connectivity index is 1.34. The predicted octanol–water partition coefficient (Wildman–Crippen LogP) is 6.54. The van der Waals surface area contributed by atoms with Crippen LogP contribution < -0.4 is 15.6 Å². The molecule has 0 bridgehead atoms. The van der Waals surface area contributed by atoms with E-state index in [1.807, 2.05) is 51.4 Å². The number of halogens is 1. The normalized spacial score (nSPS) is 24.5. The molecule has 2 aromatic heterocycles. The van der Waals surface area contributed by atoms with Crippen molar-refractivity contribution in [3.63, 3.8) is 0 Å². The summed E-state index contributed by atoms with van der Waals surface area (Å²) in [6.45, 7) is 5.87. The third kappa shape index (κ3) is 5.74. The lowest BCUT2D eigenvalue weighted by molar-refractivity contribution is -0.249. The smallest absolute Gasteiger partial charge is 0.254 e. The topological polar surface area (TPSA) is 93.3 Å². The van der Waals surface area contributed by atoms with E-state index >= 15 is 0 Å². The van der Waals surface area contributed by atoms with Crippen LogP contribution in [0, 0.1) is 12.8 Å². The fraction of sp³-hybridized carbons (Fsp3) is 0.433. The maximum atomic E-state index is 13.4. The minimum Gasteiger partial charge on any atom is -0.462 e. The standard InChI is InChI=1S/C30H34ClN3O4S/c1-17-13-26(39-4)23(29(36)34-17)16-33-28(35)22-14-21(31)15-25-27(22)18(2)37-30(3,38-25)20-10-8-19(9-11-20)24-7-5-6-12-32-24/h5-7,12-15,18-20H,8-11,16H2,1-4H3,(H,33,35)(H,34,36). The van der Waals surface area contributed by atoms with Gasteiger partial charge in [-0.05, 0) is 76.1 Å². The fourth-order valence-corrected chi connectivity index (χ4v) is 6.86. The van der Waals surface area contributed by atoms with E-state index in [0.29, 0.717) is 33.4 Å². The molecule has 0 radical (unpaired) electrons. The number of nitrogens with one attached hydrogen (secondary N) is 2. The Morgan fingerprint density at radius 1 is 1.23 bits per heavy atom. The molecule has 2 atom stereocenters. The number of aromatic nitrogens is 2. The monoisotopic (exact) mass is 567 g/mol. The van der Waals surface area contributed by atoms with Crippen molar-refractivity contribution in [2.45, 2.75) is 75.7 Å². The molecule has 39 heavy (non-hydrogen) atoms. The lowest BCUT2D eigenvalue weighted by Crippen LogP contribution is -2.48. The zero-order chi connectivity index (χ0) is 27.7. The number of amides is 1. The largest absolute Gasteiger partial charge is 0.462 e. The third-order valence-corrected chi connectivity index (χ3v) is 8.95. The summed E-state index contributed by atoms with van der Waals surface area (Å²) in [5.41, 5.74) is 3.29. The molecule has 0 saturated heterocycles. The Morgan fingerprint density at radius 3 is 2.69 bits per heavy atom. The van der Waals surface area contributed by atoms with E-state index in [0.717, 1.165) is 42.0 Å². The van der Waals surface area contributed by atoms with E-state index in [-0.39, 0.29) is 30.0 Å². The van der Waals surface area contributed by atoms with Gasteiger partial charge in [0.05, 0.1) is 11.7 Å². The average molecular weight is 568 g/mol. The first kappa shape index (κ1) is 27.7. The van der Waals surface area contributed by atoms with Crippen LogP contribution in [0.5, 0.6) is 5.75 Å². The van der Waals surface area contributed by atoms with Crippen LogP contribution in [-0.4, -0.2) is 27.9 Å². The number of rotatable bonds is 6. The number of thioether (sulfide) groups is 1. The molecule has 1 fully saturated rings. The number of pyridine rings is 2. The average Bonchev–Trinajstić information content (AvgIpc) is 2.91. The molecule has 2 unspecified atom stereocenters. The molecule has 7 nitrogen and oxygen atoms in total. The molecule has 9 heteroatoms. The molecule has 5 rings (SSSR count). The number of aromatic amines is 1. The van der Waals surface area contributed by atoms with Crippen LogP contribution in [-0.2, 0) is 11.3 Å². The van der Waals surface area contributed by atoms with Crippen molar-refractivity contribution in [1.29, 1.82) is 0 Å². The molecular formula is C30H34ClN3O4S. The molecule has 1 aliphatic carbocycles. The minimum absolute atomic E-state index is 0.0965. The zero-order valence-electron chi connectivity index (χ0n) is 22.7. The first-order valence-electron chi connectivity index (χ1n) is 13.3. The van der Waals surface area contributed by atoms with Crippen molar-refractivity contribution in [3.8, 4) is 5.75 Å². The van der Waals surface area contributed by atoms with Crippen molar-refractivity contribution in [1.82, 2.24) is 15.3 Å². The van der Waals surface area contributed by atoms with Gasteiger partial charge in [0.2, 0.25) is 5.79 Å². The summed E-state index contributed by atoms with van der Waals surface area (Å²) in [5, 5.41) is 3.31. The minimum atomic E-state index is -0.831. The molecule has 2 N–H and O–H groups in total. The van der Waals surface area contributed by atoms with Crippen LogP contribution in [0.4, 0.5) is 0 Å². The summed E-state index contributed by atoms with van der Waals surface area (Å²) in [6, 6.07) is 11.4. The molecule has 206 valence electrons.